The van der Waals surface area contributed by atoms with E-state index >= 15 is 0 Å². The topological polar surface area (TPSA) is 68.7 Å². The second-order valence-corrected chi connectivity index (χ2v) is 6.89. The number of halogens is 1. The molecule has 31 heavy (non-hydrogen) atoms. The molecule has 1 aromatic heterocycles. The summed E-state index contributed by atoms with van der Waals surface area (Å²) in [6.07, 6.45) is 0. The van der Waals surface area contributed by atoms with E-state index in [1.54, 1.807) is 7.11 Å². The Hall–Kier alpha value is -3.93. The van der Waals surface area contributed by atoms with Crippen molar-refractivity contribution in [3.05, 3.63) is 78.1 Å². The quantitative estimate of drug-likeness (QED) is 0.429. The number of aromatic nitrogens is 1. The molecule has 0 saturated carbocycles. The Balaban J connectivity index is 1.79. The molecule has 1 heterocycles. The molecule has 0 fully saturated rings. The molecular formula is C25H20FNO4. The highest BCUT2D eigenvalue weighted by Gasteiger charge is 2.15. The molecule has 0 spiro atoms. The highest BCUT2D eigenvalue weighted by Crippen LogP contribution is 2.35. The van der Waals surface area contributed by atoms with Gasteiger partial charge in [-0.1, -0.05) is 18.2 Å². The third-order valence-electron chi connectivity index (χ3n) is 4.97. The third-order valence-corrected chi connectivity index (χ3v) is 4.97. The number of rotatable bonds is 6. The summed E-state index contributed by atoms with van der Waals surface area (Å²) in [5, 5.41) is 9.87. The molecule has 0 radical (unpaired) electrons. The van der Waals surface area contributed by atoms with Crippen molar-refractivity contribution in [3.63, 3.8) is 0 Å². The maximum atomic E-state index is 13.6. The zero-order valence-corrected chi connectivity index (χ0v) is 17.1. The minimum absolute atomic E-state index is 0.00550. The van der Waals surface area contributed by atoms with E-state index in [1.807, 2.05) is 49.4 Å². The summed E-state index contributed by atoms with van der Waals surface area (Å²) in [7, 11) is 1.58. The number of nitrogens with zero attached hydrogens (tertiary/aromatic N) is 1. The number of hydrogen-bond acceptors (Lipinski definition) is 4. The number of aromatic carboxylic acids is 1. The van der Waals surface area contributed by atoms with Crippen LogP contribution in [-0.4, -0.2) is 29.8 Å². The van der Waals surface area contributed by atoms with Crippen LogP contribution in [-0.2, 0) is 0 Å². The lowest BCUT2D eigenvalue weighted by Crippen LogP contribution is -2.01. The van der Waals surface area contributed by atoms with E-state index in [0.717, 1.165) is 16.9 Å². The zero-order valence-electron chi connectivity index (χ0n) is 17.1. The fraction of sp³-hybridized carbons (Fsp3) is 0.120. The number of hydrogen-bond donors (Lipinski definition) is 1. The van der Waals surface area contributed by atoms with Gasteiger partial charge in [0.25, 0.3) is 0 Å². The number of fused-ring (bicyclic) bond motifs is 1. The number of pyridine rings is 1. The number of methoxy groups -OCH3 is 1. The van der Waals surface area contributed by atoms with Crippen LogP contribution < -0.4 is 9.47 Å². The lowest BCUT2D eigenvalue weighted by Gasteiger charge is -2.13. The molecule has 0 aliphatic heterocycles. The Morgan fingerprint density at radius 2 is 1.74 bits per heavy atom. The van der Waals surface area contributed by atoms with Gasteiger partial charge in [0.15, 0.2) is 0 Å². The molecule has 5 nitrogen and oxygen atoms in total. The maximum Gasteiger partial charge on any atom is 0.336 e. The highest BCUT2D eigenvalue weighted by molar-refractivity contribution is 6.03. The monoisotopic (exact) mass is 417 g/mol. The second kappa shape index (κ2) is 8.44. The van der Waals surface area contributed by atoms with Crippen molar-refractivity contribution in [1.29, 1.82) is 0 Å². The van der Waals surface area contributed by atoms with Crippen LogP contribution in [0.25, 0.3) is 33.3 Å². The largest absolute Gasteiger partial charge is 0.496 e. The van der Waals surface area contributed by atoms with Gasteiger partial charge in [-0.15, -0.1) is 0 Å². The lowest BCUT2D eigenvalue weighted by molar-refractivity contribution is 0.0699. The molecule has 0 atom stereocenters. The van der Waals surface area contributed by atoms with Crippen LogP contribution in [0.5, 0.6) is 11.5 Å². The minimum Gasteiger partial charge on any atom is -0.496 e. The smallest absolute Gasteiger partial charge is 0.336 e. The van der Waals surface area contributed by atoms with Gasteiger partial charge in [-0.25, -0.2) is 14.2 Å². The Morgan fingerprint density at radius 3 is 2.42 bits per heavy atom. The number of ether oxygens (including phenoxy) is 2. The molecule has 0 aliphatic rings. The fourth-order valence-electron chi connectivity index (χ4n) is 3.51. The summed E-state index contributed by atoms with van der Waals surface area (Å²) in [5.74, 6) is -0.234. The van der Waals surface area contributed by atoms with Crippen molar-refractivity contribution in [2.75, 3.05) is 13.7 Å². The van der Waals surface area contributed by atoms with E-state index in [9.17, 15) is 14.3 Å². The van der Waals surface area contributed by atoms with Crippen LogP contribution in [0.1, 0.15) is 17.3 Å². The summed E-state index contributed by atoms with van der Waals surface area (Å²) < 4.78 is 24.7. The molecule has 156 valence electrons. The number of carbonyl (C=O) groups is 1. The van der Waals surface area contributed by atoms with Crippen LogP contribution in [0.4, 0.5) is 4.39 Å². The molecule has 0 unspecified atom stereocenters. The molecule has 0 saturated heterocycles. The molecule has 4 aromatic rings. The van der Waals surface area contributed by atoms with Gasteiger partial charge in [0, 0.05) is 16.5 Å². The molecule has 0 bridgehead atoms. The minimum atomic E-state index is -1.14. The molecule has 0 amide bonds. The standard InChI is InChI=1S/C25H20FNO4/c1-3-31-18-8-4-15(5-9-18)19-10-6-16(12-24(19)30-2)23-14-21(25(28)29)20-13-17(26)7-11-22(20)27-23/h4-14H,3H2,1-2H3,(H,28,29). The van der Waals surface area contributed by atoms with Gasteiger partial charge in [0.1, 0.15) is 17.3 Å². The van der Waals surface area contributed by atoms with Gasteiger partial charge >= 0.3 is 5.97 Å². The van der Waals surface area contributed by atoms with Crippen molar-refractivity contribution in [1.82, 2.24) is 4.98 Å². The Morgan fingerprint density at radius 1 is 1.00 bits per heavy atom. The van der Waals surface area contributed by atoms with Crippen molar-refractivity contribution in [2.45, 2.75) is 6.92 Å². The molecular weight excluding hydrogens is 397 g/mol. The van der Waals surface area contributed by atoms with Crippen molar-refractivity contribution in [3.8, 4) is 33.9 Å². The van der Waals surface area contributed by atoms with E-state index < -0.39 is 11.8 Å². The van der Waals surface area contributed by atoms with E-state index in [2.05, 4.69) is 4.98 Å². The normalized spacial score (nSPS) is 10.8. The van der Waals surface area contributed by atoms with Gasteiger partial charge in [-0.2, -0.15) is 0 Å². The first-order valence-electron chi connectivity index (χ1n) is 9.75. The average Bonchev–Trinajstić information content (AvgIpc) is 2.78. The van der Waals surface area contributed by atoms with E-state index in [0.29, 0.717) is 29.1 Å². The molecule has 1 N–H and O–H groups in total. The Bertz CT molecular complexity index is 1270. The van der Waals surface area contributed by atoms with E-state index in [4.69, 9.17) is 9.47 Å². The first kappa shape index (κ1) is 20.3. The van der Waals surface area contributed by atoms with Crippen LogP contribution in [0.3, 0.4) is 0 Å². The van der Waals surface area contributed by atoms with Crippen LogP contribution in [0.2, 0.25) is 0 Å². The predicted molar refractivity (Wildman–Crippen MR) is 117 cm³/mol. The van der Waals surface area contributed by atoms with Crippen molar-refractivity contribution in [2.24, 2.45) is 0 Å². The molecule has 4 rings (SSSR count). The molecule has 0 aliphatic carbocycles. The Kier molecular flexibility index (Phi) is 5.54. The highest BCUT2D eigenvalue weighted by atomic mass is 19.1. The molecule has 3 aromatic carbocycles. The summed E-state index contributed by atoms with van der Waals surface area (Å²) in [6, 6.07) is 18.7. The van der Waals surface area contributed by atoms with Gasteiger partial charge in [-0.05, 0) is 61.0 Å². The number of benzene rings is 3. The van der Waals surface area contributed by atoms with E-state index in [1.165, 1.54) is 24.3 Å². The predicted octanol–water partition coefficient (Wildman–Crippen LogP) is 5.81. The van der Waals surface area contributed by atoms with Crippen molar-refractivity contribution >= 4 is 16.9 Å². The average molecular weight is 417 g/mol. The fourth-order valence-corrected chi connectivity index (χ4v) is 3.51. The third kappa shape index (κ3) is 4.05. The van der Waals surface area contributed by atoms with Crippen LogP contribution in [0, 0.1) is 5.82 Å². The maximum absolute atomic E-state index is 13.6. The first-order valence-corrected chi connectivity index (χ1v) is 9.75. The van der Waals surface area contributed by atoms with Crippen LogP contribution >= 0.6 is 0 Å². The summed E-state index contributed by atoms with van der Waals surface area (Å²) in [6.45, 7) is 2.53. The molecule has 6 heteroatoms. The summed E-state index contributed by atoms with van der Waals surface area (Å²) >= 11 is 0. The number of carboxylic acids is 1. The SMILES string of the molecule is CCOc1ccc(-c2ccc(-c3cc(C(=O)O)c4cc(F)ccc4n3)cc2OC)cc1. The second-order valence-electron chi connectivity index (χ2n) is 6.89. The van der Waals surface area contributed by atoms with Crippen LogP contribution in [0.15, 0.2) is 66.7 Å². The Labute approximate surface area is 178 Å². The lowest BCUT2D eigenvalue weighted by atomic mass is 9.99. The zero-order chi connectivity index (χ0) is 22.0. The van der Waals surface area contributed by atoms with Crippen molar-refractivity contribution < 1.29 is 23.8 Å². The van der Waals surface area contributed by atoms with Gasteiger partial charge in [-0.3, -0.25) is 0 Å². The number of carboxylic acid groups (broad SMARTS) is 1. The van der Waals surface area contributed by atoms with Gasteiger partial charge in [0.2, 0.25) is 0 Å². The van der Waals surface area contributed by atoms with Gasteiger partial charge in [0.05, 0.1) is 30.5 Å². The summed E-state index contributed by atoms with van der Waals surface area (Å²) in [4.78, 5) is 16.3. The summed E-state index contributed by atoms with van der Waals surface area (Å²) in [5.41, 5.74) is 3.41. The van der Waals surface area contributed by atoms with E-state index in [-0.39, 0.29) is 10.9 Å². The van der Waals surface area contributed by atoms with Gasteiger partial charge < -0.3 is 14.6 Å². The first-order chi connectivity index (χ1) is 15.0.